The van der Waals surface area contributed by atoms with Gasteiger partial charge in [-0.15, -0.1) is 5.10 Å². The second-order valence-electron chi connectivity index (χ2n) is 5.95. The van der Waals surface area contributed by atoms with Gasteiger partial charge in [-0.3, -0.25) is 10.1 Å². The van der Waals surface area contributed by atoms with Gasteiger partial charge >= 0.3 is 12.0 Å². The van der Waals surface area contributed by atoms with Crippen LogP contribution in [-0.4, -0.2) is 44.5 Å². The Kier molecular flexibility index (Phi) is 5.30. The fourth-order valence-corrected chi connectivity index (χ4v) is 2.55. The highest BCUT2D eigenvalue weighted by Crippen LogP contribution is 2.19. The average molecular weight is 382 g/mol. The zero-order valence-electron chi connectivity index (χ0n) is 15.5. The Balaban J connectivity index is 1.90. The molecule has 0 bridgehead atoms. The molecular formula is C18H18N6O4. The molecule has 0 radical (unpaired) electrons. The number of benzene rings is 1. The van der Waals surface area contributed by atoms with Crippen molar-refractivity contribution in [3.05, 3.63) is 59.2 Å². The first-order valence-electron chi connectivity index (χ1n) is 8.38. The monoisotopic (exact) mass is 382 g/mol. The van der Waals surface area contributed by atoms with E-state index in [0.717, 1.165) is 11.4 Å². The van der Waals surface area contributed by atoms with Gasteiger partial charge < -0.3 is 10.1 Å². The molecule has 3 aromatic rings. The normalized spacial score (nSPS) is 11.7. The van der Waals surface area contributed by atoms with Crippen molar-refractivity contribution < 1.29 is 19.1 Å². The Morgan fingerprint density at radius 3 is 2.50 bits per heavy atom. The molecule has 1 aromatic carbocycles. The quantitative estimate of drug-likeness (QED) is 0.647. The number of hydrogen-bond donors (Lipinski definition) is 2. The van der Waals surface area contributed by atoms with E-state index in [2.05, 4.69) is 25.7 Å². The molecule has 0 spiro atoms. The minimum Gasteiger partial charge on any atom is -0.441 e. The number of ether oxygens (including phenoxy) is 1. The van der Waals surface area contributed by atoms with E-state index in [1.54, 1.807) is 50.2 Å². The summed E-state index contributed by atoms with van der Waals surface area (Å²) in [5, 5.41) is 8.47. The minimum atomic E-state index is -1.35. The van der Waals surface area contributed by atoms with E-state index in [1.807, 2.05) is 0 Å². The molecule has 0 aliphatic carbocycles. The zero-order valence-corrected chi connectivity index (χ0v) is 15.5. The van der Waals surface area contributed by atoms with Gasteiger partial charge in [-0.25, -0.2) is 19.1 Å². The molecule has 1 unspecified atom stereocenters. The Bertz CT molecular complexity index is 1050. The molecule has 2 heterocycles. The Hall–Kier alpha value is -3.82. The third-order valence-corrected chi connectivity index (χ3v) is 3.83. The number of aryl methyl sites for hydroxylation is 2. The van der Waals surface area contributed by atoms with E-state index in [9.17, 15) is 14.4 Å². The topological polar surface area (TPSA) is 128 Å². The lowest BCUT2D eigenvalue weighted by atomic mass is 10.1. The molecule has 10 heteroatoms. The first-order valence-corrected chi connectivity index (χ1v) is 8.38. The van der Waals surface area contributed by atoms with Crippen molar-refractivity contribution in [1.29, 1.82) is 0 Å². The second-order valence-corrected chi connectivity index (χ2v) is 5.95. The van der Waals surface area contributed by atoms with Crippen LogP contribution in [0.3, 0.4) is 0 Å². The van der Waals surface area contributed by atoms with E-state index in [-0.39, 0.29) is 11.6 Å². The van der Waals surface area contributed by atoms with E-state index >= 15 is 0 Å². The fourth-order valence-electron chi connectivity index (χ4n) is 2.55. The van der Waals surface area contributed by atoms with Gasteiger partial charge in [0.15, 0.2) is 0 Å². The third-order valence-electron chi connectivity index (χ3n) is 3.83. The highest BCUT2D eigenvalue weighted by molar-refractivity contribution is 5.98. The molecule has 3 amide bonds. The molecule has 0 saturated carbocycles. The number of aromatic nitrogens is 4. The van der Waals surface area contributed by atoms with Crippen molar-refractivity contribution in [1.82, 2.24) is 30.2 Å². The Labute approximate surface area is 159 Å². The Morgan fingerprint density at radius 2 is 1.82 bits per heavy atom. The van der Waals surface area contributed by atoms with Gasteiger partial charge in [0.2, 0.25) is 6.10 Å². The number of imide groups is 1. The van der Waals surface area contributed by atoms with Crippen LogP contribution in [0.4, 0.5) is 4.79 Å². The van der Waals surface area contributed by atoms with Crippen LogP contribution in [0.1, 0.15) is 33.7 Å². The molecule has 144 valence electrons. The van der Waals surface area contributed by atoms with Crippen LogP contribution in [0, 0.1) is 13.8 Å². The van der Waals surface area contributed by atoms with E-state index in [0.29, 0.717) is 5.56 Å². The van der Waals surface area contributed by atoms with Gasteiger partial charge in [-0.05, 0) is 19.9 Å². The molecular weight excluding hydrogens is 364 g/mol. The summed E-state index contributed by atoms with van der Waals surface area (Å²) in [6.07, 6.45) is -1.35. The number of amides is 3. The molecule has 10 nitrogen and oxygen atoms in total. The molecule has 2 N–H and O–H groups in total. The average Bonchev–Trinajstić information content (AvgIpc) is 3.11. The molecule has 0 fully saturated rings. The number of carbonyl (C=O) groups is 3. The number of urea groups is 1. The maximum atomic E-state index is 12.6. The van der Waals surface area contributed by atoms with Gasteiger partial charge in [0.05, 0.1) is 0 Å². The highest BCUT2D eigenvalue weighted by Gasteiger charge is 2.28. The van der Waals surface area contributed by atoms with Gasteiger partial charge in [0, 0.05) is 24.0 Å². The summed E-state index contributed by atoms with van der Waals surface area (Å²) in [7, 11) is 1.37. The summed E-state index contributed by atoms with van der Waals surface area (Å²) in [6, 6.07) is 9.40. The van der Waals surface area contributed by atoms with Crippen LogP contribution in [0.2, 0.25) is 0 Å². The largest absolute Gasteiger partial charge is 0.441 e. The lowest BCUT2D eigenvalue weighted by molar-refractivity contribution is -0.129. The van der Waals surface area contributed by atoms with Crippen molar-refractivity contribution in [2.24, 2.45) is 0 Å². The van der Waals surface area contributed by atoms with Crippen LogP contribution in [-0.2, 0) is 9.53 Å². The zero-order chi connectivity index (χ0) is 20.3. The van der Waals surface area contributed by atoms with Gasteiger partial charge in [0.25, 0.3) is 17.5 Å². The van der Waals surface area contributed by atoms with Crippen molar-refractivity contribution in [3.63, 3.8) is 0 Å². The molecule has 0 aliphatic rings. The van der Waals surface area contributed by atoms with Crippen molar-refractivity contribution in [2.75, 3.05) is 7.05 Å². The van der Waals surface area contributed by atoms with E-state index in [4.69, 9.17) is 4.74 Å². The summed E-state index contributed by atoms with van der Waals surface area (Å²) in [5.41, 5.74) is 1.86. The predicted octanol–water partition coefficient (Wildman–Crippen LogP) is 1.09. The smallest absolute Gasteiger partial charge is 0.379 e. The Morgan fingerprint density at radius 1 is 1.11 bits per heavy atom. The minimum absolute atomic E-state index is 0.241. The molecule has 0 saturated heterocycles. The maximum absolute atomic E-state index is 12.6. The van der Waals surface area contributed by atoms with Gasteiger partial charge in [0.1, 0.15) is 0 Å². The van der Waals surface area contributed by atoms with Crippen molar-refractivity contribution in [2.45, 2.75) is 20.0 Å². The number of nitrogens with zero attached hydrogens (tertiary/aromatic N) is 4. The third kappa shape index (κ3) is 3.95. The number of nitrogens with one attached hydrogen (secondary N) is 2. The summed E-state index contributed by atoms with van der Waals surface area (Å²) in [5.74, 6) is -1.71. The molecule has 0 aliphatic heterocycles. The van der Waals surface area contributed by atoms with Crippen molar-refractivity contribution in [3.8, 4) is 0 Å². The van der Waals surface area contributed by atoms with Crippen LogP contribution in [0.5, 0.6) is 0 Å². The number of carbonyl (C=O) groups excluding carboxylic acids is 3. The number of esters is 1. The summed E-state index contributed by atoms with van der Waals surface area (Å²) >= 11 is 0. The predicted molar refractivity (Wildman–Crippen MR) is 97.5 cm³/mol. The summed E-state index contributed by atoms with van der Waals surface area (Å²) in [4.78, 5) is 44.8. The van der Waals surface area contributed by atoms with Crippen molar-refractivity contribution >= 4 is 23.7 Å². The van der Waals surface area contributed by atoms with Crippen LogP contribution in [0.25, 0.3) is 5.78 Å². The molecule has 2 aromatic heterocycles. The standard InChI is InChI=1S/C18H18N6O4/c1-10-9-11(2)24-17(20-10)21-14(23-24)16(26)28-13(12-7-5-4-6-8-12)15(25)22-18(27)19-3/h4-9,13H,1-3H3,(H2,19,22,25,27). The fraction of sp³-hybridized carbons (Fsp3) is 0.222. The number of hydrogen-bond acceptors (Lipinski definition) is 7. The highest BCUT2D eigenvalue weighted by atomic mass is 16.5. The lowest BCUT2D eigenvalue weighted by Gasteiger charge is -2.16. The van der Waals surface area contributed by atoms with Gasteiger partial charge in [-0.1, -0.05) is 30.3 Å². The molecule has 28 heavy (non-hydrogen) atoms. The SMILES string of the molecule is CNC(=O)NC(=O)C(OC(=O)c1nc2nc(C)cc(C)n2n1)c1ccccc1. The number of fused-ring (bicyclic) bond motifs is 1. The van der Waals surface area contributed by atoms with E-state index < -0.39 is 24.0 Å². The van der Waals surface area contributed by atoms with Gasteiger partial charge in [-0.2, -0.15) is 4.98 Å². The van der Waals surface area contributed by atoms with Crippen LogP contribution in [0.15, 0.2) is 36.4 Å². The van der Waals surface area contributed by atoms with Crippen LogP contribution >= 0.6 is 0 Å². The number of rotatable bonds is 4. The first-order chi connectivity index (χ1) is 13.4. The molecule has 1 atom stereocenters. The lowest BCUT2D eigenvalue weighted by Crippen LogP contribution is -2.41. The van der Waals surface area contributed by atoms with E-state index in [1.165, 1.54) is 11.6 Å². The van der Waals surface area contributed by atoms with Crippen LogP contribution < -0.4 is 10.6 Å². The maximum Gasteiger partial charge on any atom is 0.379 e. The molecule has 3 rings (SSSR count). The second kappa shape index (κ2) is 7.82. The summed E-state index contributed by atoms with van der Waals surface area (Å²) in [6.45, 7) is 3.60. The summed E-state index contributed by atoms with van der Waals surface area (Å²) < 4.78 is 6.74. The first kappa shape index (κ1) is 19.0.